The summed E-state index contributed by atoms with van der Waals surface area (Å²) in [6.45, 7) is 7.47. The van der Waals surface area contributed by atoms with E-state index in [1.807, 2.05) is 20.8 Å². The number of ether oxygens (including phenoxy) is 1. The maximum Gasteiger partial charge on any atom is 0.346 e. The van der Waals surface area contributed by atoms with Gasteiger partial charge < -0.3 is 9.64 Å². The minimum Gasteiger partial charge on any atom is -0.382 e. The van der Waals surface area contributed by atoms with Crippen LogP contribution in [0.15, 0.2) is 11.5 Å². The molecule has 1 rings (SSSR count). The van der Waals surface area contributed by atoms with E-state index < -0.39 is 9.84 Å². The van der Waals surface area contributed by atoms with Crippen molar-refractivity contribution in [2.24, 2.45) is 0 Å². The molecule has 0 unspecified atom stereocenters. The monoisotopic (exact) mass is 318 g/mol. The first-order valence-corrected chi connectivity index (χ1v) is 8.62. The Hall–Kier alpha value is -1.48. The fourth-order valence-electron chi connectivity index (χ4n) is 1.71. The standard InChI is InChI=1S/C12H22N4O4S/c1-4-15(5-2)12(17)16-10-13-11(14-16)21(18,19)9-7-8-20-6-3/h10H,4-9H2,1-3H3. The number of hydrogen-bond donors (Lipinski definition) is 0. The molecule has 0 aliphatic heterocycles. The Bertz CT molecular complexity index is 551. The molecule has 9 heteroatoms. The number of amides is 1. The molecule has 8 nitrogen and oxygen atoms in total. The zero-order valence-electron chi connectivity index (χ0n) is 12.7. The molecule has 0 spiro atoms. The minimum absolute atomic E-state index is 0.101. The number of rotatable bonds is 8. The number of sulfone groups is 1. The highest BCUT2D eigenvalue weighted by Gasteiger charge is 2.22. The summed E-state index contributed by atoms with van der Waals surface area (Å²) in [5.74, 6) is -0.101. The Balaban J connectivity index is 2.75. The molecule has 21 heavy (non-hydrogen) atoms. The van der Waals surface area contributed by atoms with Gasteiger partial charge in [0.1, 0.15) is 6.33 Å². The van der Waals surface area contributed by atoms with Gasteiger partial charge in [0, 0.05) is 26.3 Å². The maximum atomic E-state index is 12.0. The van der Waals surface area contributed by atoms with Crippen molar-refractivity contribution in [2.45, 2.75) is 32.3 Å². The van der Waals surface area contributed by atoms with Crippen molar-refractivity contribution in [1.29, 1.82) is 0 Å². The Morgan fingerprint density at radius 3 is 2.57 bits per heavy atom. The third-order valence-electron chi connectivity index (χ3n) is 2.88. The van der Waals surface area contributed by atoms with Crippen LogP contribution in [0.25, 0.3) is 0 Å². The Labute approximate surface area is 125 Å². The average Bonchev–Trinajstić information content (AvgIpc) is 2.95. The molecule has 0 saturated carbocycles. The lowest BCUT2D eigenvalue weighted by atomic mass is 10.5. The molecule has 0 bridgehead atoms. The molecule has 1 amide bonds. The van der Waals surface area contributed by atoms with E-state index >= 15 is 0 Å². The largest absolute Gasteiger partial charge is 0.382 e. The summed E-state index contributed by atoms with van der Waals surface area (Å²) < 4.78 is 30.1. The third kappa shape index (κ3) is 4.78. The van der Waals surface area contributed by atoms with E-state index in [4.69, 9.17) is 4.74 Å². The molecule has 0 N–H and O–H groups in total. The molecule has 0 aliphatic rings. The van der Waals surface area contributed by atoms with Gasteiger partial charge in [-0.25, -0.2) is 18.2 Å². The van der Waals surface area contributed by atoms with E-state index in [0.29, 0.717) is 32.7 Å². The van der Waals surface area contributed by atoms with Gasteiger partial charge in [-0.05, 0) is 27.2 Å². The van der Waals surface area contributed by atoms with Gasteiger partial charge in [-0.1, -0.05) is 0 Å². The first-order valence-electron chi connectivity index (χ1n) is 6.97. The lowest BCUT2D eigenvalue weighted by molar-refractivity contribution is 0.148. The normalized spacial score (nSPS) is 11.6. The van der Waals surface area contributed by atoms with Crippen LogP contribution < -0.4 is 0 Å². The lowest BCUT2D eigenvalue weighted by Gasteiger charge is -2.17. The predicted octanol–water partition coefficient (Wildman–Crippen LogP) is 0.788. The van der Waals surface area contributed by atoms with E-state index in [0.717, 1.165) is 11.0 Å². The van der Waals surface area contributed by atoms with Crippen LogP contribution in [0.1, 0.15) is 27.2 Å². The van der Waals surface area contributed by atoms with Gasteiger partial charge in [0.2, 0.25) is 9.84 Å². The van der Waals surface area contributed by atoms with Crippen molar-refractivity contribution >= 4 is 15.9 Å². The van der Waals surface area contributed by atoms with E-state index in [9.17, 15) is 13.2 Å². The first kappa shape index (κ1) is 17.6. The van der Waals surface area contributed by atoms with E-state index in [1.54, 1.807) is 0 Å². The molecule has 0 fully saturated rings. The molecule has 0 aromatic carbocycles. The van der Waals surface area contributed by atoms with Crippen molar-refractivity contribution in [1.82, 2.24) is 19.7 Å². The minimum atomic E-state index is -3.59. The van der Waals surface area contributed by atoms with Crippen LogP contribution in [-0.4, -0.2) is 66.2 Å². The molecule has 0 saturated heterocycles. The summed E-state index contributed by atoms with van der Waals surface area (Å²) in [5.41, 5.74) is 0. The van der Waals surface area contributed by atoms with Crippen LogP contribution in [0.5, 0.6) is 0 Å². The molecular formula is C12H22N4O4S. The fraction of sp³-hybridized carbons (Fsp3) is 0.750. The fourth-order valence-corrected chi connectivity index (χ4v) is 2.81. The molecular weight excluding hydrogens is 296 g/mol. The number of nitrogens with zero attached hydrogens (tertiary/aromatic N) is 4. The summed E-state index contributed by atoms with van der Waals surface area (Å²) in [6.07, 6.45) is 1.50. The zero-order valence-corrected chi connectivity index (χ0v) is 13.5. The van der Waals surface area contributed by atoms with Gasteiger partial charge in [0.05, 0.1) is 5.75 Å². The predicted molar refractivity (Wildman–Crippen MR) is 76.9 cm³/mol. The van der Waals surface area contributed by atoms with E-state index in [1.165, 1.54) is 4.90 Å². The summed E-state index contributed by atoms with van der Waals surface area (Å²) in [5, 5.41) is 3.46. The van der Waals surface area contributed by atoms with Crippen molar-refractivity contribution in [3.8, 4) is 0 Å². The maximum absolute atomic E-state index is 12.0. The van der Waals surface area contributed by atoms with Gasteiger partial charge >= 0.3 is 6.03 Å². The number of aromatic nitrogens is 3. The van der Waals surface area contributed by atoms with Gasteiger partial charge in [-0.3, -0.25) is 0 Å². The van der Waals surface area contributed by atoms with E-state index in [2.05, 4.69) is 10.1 Å². The van der Waals surface area contributed by atoms with Crippen molar-refractivity contribution in [3.63, 3.8) is 0 Å². The zero-order chi connectivity index (χ0) is 15.9. The Morgan fingerprint density at radius 1 is 1.33 bits per heavy atom. The topological polar surface area (TPSA) is 94.4 Å². The van der Waals surface area contributed by atoms with Crippen LogP contribution in [-0.2, 0) is 14.6 Å². The van der Waals surface area contributed by atoms with Crippen molar-refractivity contribution in [3.05, 3.63) is 6.33 Å². The second kappa shape index (κ2) is 8.08. The second-order valence-corrected chi connectivity index (χ2v) is 6.30. The number of carbonyl (C=O) groups excluding carboxylic acids is 1. The molecule has 1 heterocycles. The van der Waals surface area contributed by atoms with Crippen LogP contribution in [0.3, 0.4) is 0 Å². The van der Waals surface area contributed by atoms with Crippen LogP contribution in [0.2, 0.25) is 0 Å². The molecule has 120 valence electrons. The summed E-state index contributed by atoms with van der Waals surface area (Å²) >= 11 is 0. The summed E-state index contributed by atoms with van der Waals surface area (Å²) in [7, 11) is -3.59. The van der Waals surface area contributed by atoms with Gasteiger partial charge in [0.25, 0.3) is 5.16 Å². The smallest absolute Gasteiger partial charge is 0.346 e. The van der Waals surface area contributed by atoms with Crippen LogP contribution >= 0.6 is 0 Å². The highest BCUT2D eigenvalue weighted by Crippen LogP contribution is 2.06. The van der Waals surface area contributed by atoms with Gasteiger partial charge in [0.15, 0.2) is 0 Å². The van der Waals surface area contributed by atoms with E-state index in [-0.39, 0.29) is 16.9 Å². The molecule has 0 atom stereocenters. The Morgan fingerprint density at radius 2 is 2.00 bits per heavy atom. The van der Waals surface area contributed by atoms with Crippen molar-refractivity contribution < 1.29 is 17.9 Å². The van der Waals surface area contributed by atoms with Crippen LogP contribution in [0.4, 0.5) is 4.79 Å². The SMILES string of the molecule is CCOCCCS(=O)(=O)c1ncn(C(=O)N(CC)CC)n1. The number of carbonyl (C=O) groups is 1. The molecule has 1 aromatic rings. The van der Waals surface area contributed by atoms with Crippen molar-refractivity contribution in [2.75, 3.05) is 32.1 Å². The second-order valence-electron chi connectivity index (χ2n) is 4.30. The van der Waals surface area contributed by atoms with Gasteiger partial charge in [-0.15, -0.1) is 5.10 Å². The average molecular weight is 318 g/mol. The highest BCUT2D eigenvalue weighted by atomic mass is 32.2. The summed E-state index contributed by atoms with van der Waals surface area (Å²) in [6, 6.07) is -0.386. The molecule has 0 radical (unpaired) electrons. The lowest BCUT2D eigenvalue weighted by Crippen LogP contribution is -2.34. The summed E-state index contributed by atoms with van der Waals surface area (Å²) in [4.78, 5) is 17.3. The Kier molecular flexibility index (Phi) is 6.76. The molecule has 0 aliphatic carbocycles. The quantitative estimate of drug-likeness (QED) is 0.658. The first-order chi connectivity index (χ1) is 9.96. The third-order valence-corrected chi connectivity index (χ3v) is 4.45. The number of hydrogen-bond acceptors (Lipinski definition) is 6. The van der Waals surface area contributed by atoms with Crippen LogP contribution in [0, 0.1) is 0 Å². The molecule has 1 aromatic heterocycles. The van der Waals surface area contributed by atoms with Gasteiger partial charge in [-0.2, -0.15) is 4.68 Å². The highest BCUT2D eigenvalue weighted by molar-refractivity contribution is 7.91.